The molecule has 0 fully saturated rings. The predicted octanol–water partition coefficient (Wildman–Crippen LogP) is 3.14. The molecule has 3 aromatic rings. The van der Waals surface area contributed by atoms with Crippen LogP contribution >= 0.6 is 0 Å². The second-order valence-electron chi connectivity index (χ2n) is 6.12. The lowest BCUT2D eigenvalue weighted by Crippen LogP contribution is -2.38. The summed E-state index contributed by atoms with van der Waals surface area (Å²) >= 11 is 0. The van der Waals surface area contributed by atoms with Gasteiger partial charge in [0.15, 0.2) is 17.5 Å². The molecule has 1 aromatic heterocycles. The zero-order chi connectivity index (χ0) is 19.2. The number of phenols is 1. The topological polar surface area (TPSA) is 74.5 Å². The number of aromatic hydroxyl groups is 1. The molecule has 6 nitrogen and oxygen atoms in total. The molecule has 7 heteroatoms. The molecule has 1 heterocycles. The van der Waals surface area contributed by atoms with Gasteiger partial charge in [-0.25, -0.2) is 9.07 Å². The van der Waals surface area contributed by atoms with Crippen LogP contribution in [-0.4, -0.2) is 27.9 Å². The van der Waals surface area contributed by atoms with E-state index in [1.165, 1.54) is 12.1 Å². The molecule has 1 unspecified atom stereocenters. The molecule has 3 N–H and O–H groups in total. The highest BCUT2D eigenvalue weighted by Gasteiger charge is 2.10. The molecule has 0 amide bonds. The molecule has 0 aliphatic rings. The van der Waals surface area contributed by atoms with Gasteiger partial charge in [-0.1, -0.05) is 18.2 Å². The van der Waals surface area contributed by atoms with Crippen molar-refractivity contribution in [1.29, 1.82) is 0 Å². The van der Waals surface area contributed by atoms with Crippen molar-refractivity contribution in [1.82, 2.24) is 20.4 Å². The van der Waals surface area contributed by atoms with Gasteiger partial charge in [-0.3, -0.25) is 4.99 Å². The second-order valence-corrected chi connectivity index (χ2v) is 6.12. The number of halogens is 1. The fourth-order valence-electron chi connectivity index (χ4n) is 2.69. The Morgan fingerprint density at radius 2 is 2.11 bits per heavy atom. The Labute approximate surface area is 157 Å². The molecule has 140 valence electrons. The maximum atomic E-state index is 13.4. The van der Waals surface area contributed by atoms with E-state index in [4.69, 9.17) is 0 Å². The molecule has 0 spiro atoms. The van der Waals surface area contributed by atoms with Gasteiger partial charge >= 0.3 is 0 Å². The van der Waals surface area contributed by atoms with Crippen LogP contribution in [0.4, 0.5) is 4.39 Å². The number of hydrogen-bond donors (Lipinski definition) is 3. The van der Waals surface area contributed by atoms with E-state index in [-0.39, 0.29) is 11.8 Å². The van der Waals surface area contributed by atoms with Gasteiger partial charge < -0.3 is 15.7 Å². The normalized spacial score (nSPS) is 12.6. The van der Waals surface area contributed by atoms with Crippen molar-refractivity contribution in [2.24, 2.45) is 4.99 Å². The van der Waals surface area contributed by atoms with E-state index in [0.717, 1.165) is 11.3 Å². The molecule has 3 rings (SSSR count). The van der Waals surface area contributed by atoms with Crippen LogP contribution in [0.15, 0.2) is 65.9 Å². The van der Waals surface area contributed by atoms with Crippen LogP contribution in [0, 0.1) is 5.82 Å². The molecule has 0 saturated heterocycles. The third kappa shape index (κ3) is 4.63. The minimum atomic E-state index is -0.638. The first kappa shape index (κ1) is 18.4. The highest BCUT2D eigenvalue weighted by atomic mass is 19.1. The fourth-order valence-corrected chi connectivity index (χ4v) is 2.69. The summed E-state index contributed by atoms with van der Waals surface area (Å²) in [7, 11) is 1.68. The summed E-state index contributed by atoms with van der Waals surface area (Å²) in [5.74, 6) is -0.395. The van der Waals surface area contributed by atoms with E-state index in [9.17, 15) is 9.50 Å². The first-order chi connectivity index (χ1) is 13.1. The summed E-state index contributed by atoms with van der Waals surface area (Å²) in [6.07, 6.45) is 3.64. The van der Waals surface area contributed by atoms with E-state index in [0.29, 0.717) is 18.1 Å². The Morgan fingerprint density at radius 1 is 1.26 bits per heavy atom. The van der Waals surface area contributed by atoms with E-state index < -0.39 is 5.82 Å². The summed E-state index contributed by atoms with van der Waals surface area (Å²) in [6.45, 7) is 2.42. The van der Waals surface area contributed by atoms with Crippen LogP contribution in [-0.2, 0) is 6.54 Å². The molecule has 0 radical (unpaired) electrons. The lowest BCUT2D eigenvalue weighted by molar-refractivity contribution is 0.431. The summed E-state index contributed by atoms with van der Waals surface area (Å²) in [5.41, 5.74) is 2.77. The number of aromatic nitrogens is 2. The van der Waals surface area contributed by atoms with Gasteiger partial charge in [0.05, 0.1) is 11.7 Å². The van der Waals surface area contributed by atoms with Crippen LogP contribution in [0.1, 0.15) is 24.1 Å². The third-order valence-electron chi connectivity index (χ3n) is 4.19. The van der Waals surface area contributed by atoms with Gasteiger partial charge in [0.25, 0.3) is 0 Å². The minimum Gasteiger partial charge on any atom is -0.505 e. The maximum Gasteiger partial charge on any atom is 0.191 e. The van der Waals surface area contributed by atoms with Gasteiger partial charge in [0.1, 0.15) is 0 Å². The van der Waals surface area contributed by atoms with Gasteiger partial charge in [-0.15, -0.1) is 0 Å². The van der Waals surface area contributed by atoms with Crippen molar-refractivity contribution in [2.75, 3.05) is 7.05 Å². The Kier molecular flexibility index (Phi) is 5.71. The number of phenolic OH excluding ortho intramolecular Hbond substituents is 1. The summed E-state index contributed by atoms with van der Waals surface area (Å²) in [4.78, 5) is 4.21. The zero-order valence-electron chi connectivity index (χ0n) is 15.2. The number of benzene rings is 2. The molecule has 27 heavy (non-hydrogen) atoms. The van der Waals surface area contributed by atoms with E-state index in [2.05, 4.69) is 26.8 Å². The highest BCUT2D eigenvalue weighted by molar-refractivity contribution is 5.80. The first-order valence-corrected chi connectivity index (χ1v) is 8.61. The molecule has 0 aliphatic carbocycles. The molecule has 0 aliphatic heterocycles. The number of nitrogens with zero attached hydrogens (tertiary/aromatic N) is 3. The zero-order valence-corrected chi connectivity index (χ0v) is 15.2. The standard InChI is InChI=1S/C20H22FN5O/c1-14(16-5-3-6-17(12-16)26-10-4-9-24-26)25-20(22-2)23-13-15-7-8-19(27)18(21)11-15/h3-12,14,27H,13H2,1-2H3,(H2,22,23,25). The molecule has 0 bridgehead atoms. The molecule has 1 atom stereocenters. The lowest BCUT2D eigenvalue weighted by Gasteiger charge is -2.19. The SMILES string of the molecule is CN=C(NCc1ccc(O)c(F)c1)NC(C)c1cccc(-n2cccn2)c1. The number of hydrogen-bond acceptors (Lipinski definition) is 3. The number of nitrogens with one attached hydrogen (secondary N) is 2. The average molecular weight is 367 g/mol. The highest BCUT2D eigenvalue weighted by Crippen LogP contribution is 2.17. The molecule has 0 saturated carbocycles. The van der Waals surface area contributed by atoms with E-state index in [1.807, 2.05) is 42.1 Å². The van der Waals surface area contributed by atoms with E-state index in [1.54, 1.807) is 19.3 Å². The minimum absolute atomic E-state index is 0.00302. The average Bonchev–Trinajstić information content (AvgIpc) is 3.22. The Hall–Kier alpha value is -3.35. The van der Waals surface area contributed by atoms with Crippen molar-refractivity contribution in [2.45, 2.75) is 19.5 Å². The van der Waals surface area contributed by atoms with Crippen molar-refractivity contribution in [3.05, 3.63) is 77.9 Å². The quantitative estimate of drug-likeness (QED) is 0.478. The van der Waals surface area contributed by atoms with Gasteiger partial charge in [0, 0.05) is 26.0 Å². The van der Waals surface area contributed by atoms with Crippen molar-refractivity contribution in [3.8, 4) is 11.4 Å². The number of rotatable bonds is 5. The summed E-state index contributed by atoms with van der Waals surface area (Å²) in [5, 5.41) is 20.0. The smallest absolute Gasteiger partial charge is 0.191 e. The summed E-state index contributed by atoms with van der Waals surface area (Å²) in [6, 6.07) is 14.3. The van der Waals surface area contributed by atoms with Crippen molar-refractivity contribution < 1.29 is 9.50 Å². The van der Waals surface area contributed by atoms with Crippen LogP contribution in [0.25, 0.3) is 5.69 Å². The number of guanidine groups is 1. The Balaban J connectivity index is 1.64. The Morgan fingerprint density at radius 3 is 2.81 bits per heavy atom. The lowest BCUT2D eigenvalue weighted by atomic mass is 10.1. The van der Waals surface area contributed by atoms with Crippen LogP contribution < -0.4 is 10.6 Å². The van der Waals surface area contributed by atoms with E-state index >= 15 is 0 Å². The monoisotopic (exact) mass is 367 g/mol. The third-order valence-corrected chi connectivity index (χ3v) is 4.19. The molecular formula is C20H22FN5O. The van der Waals surface area contributed by atoms with Crippen molar-refractivity contribution >= 4 is 5.96 Å². The largest absolute Gasteiger partial charge is 0.505 e. The molecular weight excluding hydrogens is 345 g/mol. The first-order valence-electron chi connectivity index (χ1n) is 8.61. The predicted molar refractivity (Wildman–Crippen MR) is 103 cm³/mol. The fraction of sp³-hybridized carbons (Fsp3) is 0.200. The van der Waals surface area contributed by atoms with Crippen molar-refractivity contribution in [3.63, 3.8) is 0 Å². The van der Waals surface area contributed by atoms with Crippen LogP contribution in [0.5, 0.6) is 5.75 Å². The molecule has 2 aromatic carbocycles. The summed E-state index contributed by atoms with van der Waals surface area (Å²) < 4.78 is 15.2. The van der Waals surface area contributed by atoms with Gasteiger partial charge in [-0.2, -0.15) is 5.10 Å². The number of aliphatic imine (C=N–C) groups is 1. The van der Waals surface area contributed by atoms with Crippen LogP contribution in [0.3, 0.4) is 0 Å². The van der Waals surface area contributed by atoms with Gasteiger partial charge in [-0.05, 0) is 48.4 Å². The second kappa shape index (κ2) is 8.35. The van der Waals surface area contributed by atoms with Gasteiger partial charge in [0.2, 0.25) is 0 Å². The maximum absolute atomic E-state index is 13.4. The van der Waals surface area contributed by atoms with Crippen LogP contribution in [0.2, 0.25) is 0 Å². The Bertz CT molecular complexity index is 924.